The fraction of sp³-hybridized carbons (Fsp3) is 0.600. The fourth-order valence-corrected chi connectivity index (χ4v) is 2.73. The Morgan fingerprint density at radius 3 is 2.68 bits per heavy atom. The topological polar surface area (TPSA) is 29.3 Å². The highest BCUT2D eigenvalue weighted by molar-refractivity contribution is 9.10. The predicted molar refractivity (Wildman–Crippen MR) is 82.8 cm³/mol. The Labute approximate surface area is 124 Å². The summed E-state index contributed by atoms with van der Waals surface area (Å²) in [5.74, 6) is -0.127. The lowest BCUT2D eigenvalue weighted by Gasteiger charge is -2.30. The summed E-state index contributed by atoms with van der Waals surface area (Å²) in [5.41, 5.74) is 6.59. The van der Waals surface area contributed by atoms with Gasteiger partial charge >= 0.3 is 0 Å². The fourth-order valence-electron chi connectivity index (χ4n) is 2.33. The maximum atomic E-state index is 13.6. The smallest absolute Gasteiger partial charge is 0.126 e. The van der Waals surface area contributed by atoms with Crippen LogP contribution in [0.15, 0.2) is 22.7 Å². The van der Waals surface area contributed by atoms with Crippen molar-refractivity contribution in [2.75, 3.05) is 26.7 Å². The summed E-state index contributed by atoms with van der Waals surface area (Å²) in [6, 6.07) is 5.10. The molecule has 0 atom stereocenters. The Morgan fingerprint density at radius 2 is 2.05 bits per heavy atom. The van der Waals surface area contributed by atoms with Crippen LogP contribution in [-0.2, 0) is 6.42 Å². The molecule has 0 heterocycles. The summed E-state index contributed by atoms with van der Waals surface area (Å²) < 4.78 is 14.5. The van der Waals surface area contributed by atoms with Crippen molar-refractivity contribution in [2.45, 2.75) is 26.7 Å². The molecule has 0 aliphatic heterocycles. The van der Waals surface area contributed by atoms with Crippen LogP contribution in [-0.4, -0.2) is 31.6 Å². The van der Waals surface area contributed by atoms with E-state index in [9.17, 15) is 4.39 Å². The maximum absolute atomic E-state index is 13.6. The molecule has 108 valence electrons. The van der Waals surface area contributed by atoms with Gasteiger partial charge in [0, 0.05) is 17.6 Å². The van der Waals surface area contributed by atoms with Crippen LogP contribution in [0.25, 0.3) is 0 Å². The molecule has 1 rings (SSSR count). The summed E-state index contributed by atoms with van der Waals surface area (Å²) in [5, 5.41) is 0. The van der Waals surface area contributed by atoms with E-state index in [2.05, 4.69) is 41.7 Å². The van der Waals surface area contributed by atoms with E-state index in [4.69, 9.17) is 5.73 Å². The summed E-state index contributed by atoms with van der Waals surface area (Å²) >= 11 is 3.38. The van der Waals surface area contributed by atoms with E-state index in [1.165, 1.54) is 6.07 Å². The van der Waals surface area contributed by atoms with E-state index in [1.54, 1.807) is 6.07 Å². The molecule has 0 saturated carbocycles. The first-order chi connectivity index (χ1) is 8.84. The molecule has 0 spiro atoms. The van der Waals surface area contributed by atoms with E-state index >= 15 is 0 Å². The van der Waals surface area contributed by atoms with Crippen molar-refractivity contribution >= 4 is 15.9 Å². The minimum Gasteiger partial charge on any atom is -0.330 e. The lowest BCUT2D eigenvalue weighted by molar-refractivity contribution is 0.202. The molecule has 0 aliphatic rings. The normalized spacial score (nSPS) is 12.2. The third-order valence-corrected chi connectivity index (χ3v) is 3.78. The van der Waals surface area contributed by atoms with Crippen LogP contribution in [0, 0.1) is 11.2 Å². The molecule has 1 aromatic carbocycles. The molecule has 0 aromatic heterocycles. The van der Waals surface area contributed by atoms with Gasteiger partial charge in [0.15, 0.2) is 0 Å². The quantitative estimate of drug-likeness (QED) is 0.829. The van der Waals surface area contributed by atoms with Crippen LogP contribution in [0.2, 0.25) is 0 Å². The zero-order valence-corrected chi connectivity index (χ0v) is 13.6. The van der Waals surface area contributed by atoms with Crippen LogP contribution in [0.1, 0.15) is 25.8 Å². The Hall–Kier alpha value is -0.450. The van der Waals surface area contributed by atoms with E-state index in [1.807, 2.05) is 6.07 Å². The summed E-state index contributed by atoms with van der Waals surface area (Å²) in [6.45, 7) is 6.97. The van der Waals surface area contributed by atoms with Gasteiger partial charge in [-0.1, -0.05) is 29.8 Å². The van der Waals surface area contributed by atoms with Crippen molar-refractivity contribution in [3.63, 3.8) is 0 Å². The monoisotopic (exact) mass is 330 g/mol. The van der Waals surface area contributed by atoms with Crippen LogP contribution in [0.4, 0.5) is 4.39 Å². The molecule has 0 unspecified atom stereocenters. The SMILES string of the molecule is CN(CCc1cc(Br)ccc1F)CC(C)(C)CCN. The Bertz CT molecular complexity index is 407. The van der Waals surface area contributed by atoms with Gasteiger partial charge in [0.05, 0.1) is 0 Å². The molecular weight excluding hydrogens is 307 g/mol. The van der Waals surface area contributed by atoms with Crippen molar-refractivity contribution in [1.29, 1.82) is 0 Å². The van der Waals surface area contributed by atoms with Gasteiger partial charge in [0.25, 0.3) is 0 Å². The average Bonchev–Trinajstić information content (AvgIpc) is 2.29. The minimum absolute atomic E-state index is 0.127. The van der Waals surface area contributed by atoms with Gasteiger partial charge < -0.3 is 10.6 Å². The number of likely N-dealkylation sites (N-methyl/N-ethyl adjacent to an activating group) is 1. The number of hydrogen-bond donors (Lipinski definition) is 1. The average molecular weight is 331 g/mol. The largest absolute Gasteiger partial charge is 0.330 e. The molecule has 2 N–H and O–H groups in total. The van der Waals surface area contributed by atoms with Crippen molar-refractivity contribution in [3.8, 4) is 0 Å². The van der Waals surface area contributed by atoms with Gasteiger partial charge in [-0.3, -0.25) is 0 Å². The molecule has 0 aliphatic carbocycles. The number of benzene rings is 1. The number of halogens is 2. The Morgan fingerprint density at radius 1 is 1.37 bits per heavy atom. The van der Waals surface area contributed by atoms with Gasteiger partial charge in [0.1, 0.15) is 5.82 Å². The van der Waals surface area contributed by atoms with Gasteiger partial charge in [-0.25, -0.2) is 4.39 Å². The van der Waals surface area contributed by atoms with Crippen LogP contribution in [0.3, 0.4) is 0 Å². The molecule has 0 saturated heterocycles. The molecule has 1 aromatic rings. The van der Waals surface area contributed by atoms with Crippen molar-refractivity contribution < 1.29 is 4.39 Å². The number of rotatable bonds is 7. The maximum Gasteiger partial charge on any atom is 0.126 e. The summed E-state index contributed by atoms with van der Waals surface area (Å²) in [6.07, 6.45) is 1.73. The summed E-state index contributed by atoms with van der Waals surface area (Å²) in [4.78, 5) is 2.25. The van der Waals surface area contributed by atoms with Crippen LogP contribution in [0.5, 0.6) is 0 Å². The highest BCUT2D eigenvalue weighted by Crippen LogP contribution is 2.21. The van der Waals surface area contributed by atoms with Crippen molar-refractivity contribution in [2.24, 2.45) is 11.1 Å². The number of nitrogens with zero attached hydrogens (tertiary/aromatic N) is 1. The van der Waals surface area contributed by atoms with E-state index < -0.39 is 0 Å². The van der Waals surface area contributed by atoms with Gasteiger partial charge in [0.2, 0.25) is 0 Å². The highest BCUT2D eigenvalue weighted by Gasteiger charge is 2.19. The first-order valence-electron chi connectivity index (χ1n) is 6.66. The standard InChI is InChI=1S/C15H24BrFN2/c1-15(2,7-8-18)11-19(3)9-6-12-10-13(16)4-5-14(12)17/h4-5,10H,6-9,11,18H2,1-3H3. The minimum atomic E-state index is -0.127. The van der Waals surface area contributed by atoms with Gasteiger partial charge in [-0.2, -0.15) is 0 Å². The lowest BCUT2D eigenvalue weighted by Crippen LogP contribution is -2.34. The molecule has 0 radical (unpaired) electrons. The molecule has 0 fully saturated rings. The molecule has 0 bridgehead atoms. The molecular formula is C15H24BrFN2. The third kappa shape index (κ3) is 6.02. The van der Waals surface area contributed by atoms with Gasteiger partial charge in [-0.15, -0.1) is 0 Å². The highest BCUT2D eigenvalue weighted by atomic mass is 79.9. The summed E-state index contributed by atoms with van der Waals surface area (Å²) in [7, 11) is 2.08. The van der Waals surface area contributed by atoms with Gasteiger partial charge in [-0.05, 0) is 55.6 Å². The second kappa shape index (κ2) is 7.36. The van der Waals surface area contributed by atoms with E-state index in [0.717, 1.165) is 36.0 Å². The Balaban J connectivity index is 2.50. The van der Waals surface area contributed by atoms with Crippen molar-refractivity contribution in [3.05, 3.63) is 34.1 Å². The third-order valence-electron chi connectivity index (χ3n) is 3.29. The van der Waals surface area contributed by atoms with Crippen molar-refractivity contribution in [1.82, 2.24) is 4.90 Å². The second-order valence-corrected chi connectivity index (χ2v) is 6.84. The molecule has 19 heavy (non-hydrogen) atoms. The first-order valence-corrected chi connectivity index (χ1v) is 7.46. The molecule has 0 amide bonds. The predicted octanol–water partition coefficient (Wildman–Crippen LogP) is 3.44. The molecule has 2 nitrogen and oxygen atoms in total. The molecule has 4 heteroatoms. The van der Waals surface area contributed by atoms with E-state index in [0.29, 0.717) is 6.54 Å². The zero-order valence-electron chi connectivity index (χ0n) is 12.0. The van der Waals surface area contributed by atoms with E-state index in [-0.39, 0.29) is 11.2 Å². The van der Waals surface area contributed by atoms with Crippen LogP contribution < -0.4 is 5.73 Å². The number of nitrogens with two attached hydrogens (primary N) is 1. The Kier molecular flexibility index (Phi) is 6.43. The van der Waals surface area contributed by atoms with Crippen LogP contribution >= 0.6 is 15.9 Å². The lowest BCUT2D eigenvalue weighted by atomic mass is 9.89. The first kappa shape index (κ1) is 16.6. The second-order valence-electron chi connectivity index (χ2n) is 5.93. The number of hydrogen-bond acceptors (Lipinski definition) is 2. The zero-order chi connectivity index (χ0) is 14.5.